The Morgan fingerprint density at radius 3 is 2.61 bits per heavy atom. The summed E-state index contributed by atoms with van der Waals surface area (Å²) in [4.78, 5) is 23.9. The summed E-state index contributed by atoms with van der Waals surface area (Å²) in [6.07, 6.45) is 1.96. The maximum Gasteiger partial charge on any atom is 0.338 e. The van der Waals surface area contributed by atoms with Crippen LogP contribution in [0.4, 0.5) is 14.9 Å². The van der Waals surface area contributed by atoms with Crippen LogP contribution in [0.25, 0.3) is 0 Å². The number of nitrogens with one attached hydrogen (secondary N) is 1. The molecule has 18 heavy (non-hydrogen) atoms. The van der Waals surface area contributed by atoms with Gasteiger partial charge in [0.15, 0.2) is 0 Å². The minimum Gasteiger partial charge on any atom is -0.478 e. The molecular formula is C12H13FN2O3. The molecule has 0 atom stereocenters. The van der Waals surface area contributed by atoms with E-state index >= 15 is 0 Å². The first kappa shape index (κ1) is 12.3. The molecule has 0 aromatic heterocycles. The molecule has 6 heteroatoms. The van der Waals surface area contributed by atoms with Crippen molar-refractivity contribution in [1.82, 2.24) is 4.90 Å². The van der Waals surface area contributed by atoms with Crippen molar-refractivity contribution < 1.29 is 19.1 Å². The van der Waals surface area contributed by atoms with Crippen LogP contribution >= 0.6 is 0 Å². The van der Waals surface area contributed by atoms with Gasteiger partial charge in [0.05, 0.1) is 5.56 Å². The molecule has 0 bridgehead atoms. The lowest BCUT2D eigenvalue weighted by Crippen LogP contribution is -2.33. The van der Waals surface area contributed by atoms with Crippen LogP contribution in [0.3, 0.4) is 0 Å². The number of rotatable bonds is 3. The highest BCUT2D eigenvalue weighted by Crippen LogP contribution is 2.26. The highest BCUT2D eigenvalue weighted by Gasteiger charge is 2.29. The molecule has 0 saturated heterocycles. The van der Waals surface area contributed by atoms with Crippen LogP contribution in [-0.4, -0.2) is 35.1 Å². The maximum absolute atomic E-state index is 13.4. The van der Waals surface area contributed by atoms with E-state index in [0.29, 0.717) is 0 Å². The number of anilines is 1. The van der Waals surface area contributed by atoms with E-state index in [1.54, 1.807) is 11.9 Å². The number of carbonyl (C=O) groups is 2. The molecule has 5 nitrogen and oxygen atoms in total. The highest BCUT2D eigenvalue weighted by atomic mass is 19.1. The lowest BCUT2D eigenvalue weighted by atomic mass is 10.2. The first-order valence-electron chi connectivity index (χ1n) is 5.55. The Morgan fingerprint density at radius 2 is 2.11 bits per heavy atom. The monoisotopic (exact) mass is 252 g/mol. The first-order valence-corrected chi connectivity index (χ1v) is 5.55. The summed E-state index contributed by atoms with van der Waals surface area (Å²) in [6.45, 7) is 0. The van der Waals surface area contributed by atoms with E-state index in [1.165, 1.54) is 6.07 Å². The molecule has 1 aromatic rings. The van der Waals surface area contributed by atoms with Crippen molar-refractivity contribution in [3.05, 3.63) is 29.6 Å². The summed E-state index contributed by atoms with van der Waals surface area (Å²) in [5, 5.41) is 11.2. The molecule has 0 radical (unpaired) electrons. The minimum absolute atomic E-state index is 0.245. The largest absolute Gasteiger partial charge is 0.478 e. The zero-order valence-corrected chi connectivity index (χ0v) is 9.81. The molecule has 96 valence electrons. The lowest BCUT2D eigenvalue weighted by Gasteiger charge is -2.17. The van der Waals surface area contributed by atoms with Gasteiger partial charge in [-0.15, -0.1) is 0 Å². The van der Waals surface area contributed by atoms with Crippen molar-refractivity contribution in [3.8, 4) is 0 Å². The standard InChI is InChI=1S/C12H13FN2O3/c1-15(8-3-4-8)12(18)14-7-2-5-9(11(16)17)10(13)6-7/h2,5-6,8H,3-4H2,1H3,(H,14,18)(H,16,17). The summed E-state index contributed by atoms with van der Waals surface area (Å²) in [5.41, 5.74) is -0.168. The van der Waals surface area contributed by atoms with Crippen molar-refractivity contribution in [1.29, 1.82) is 0 Å². The number of halogens is 1. The molecule has 2 rings (SSSR count). The predicted molar refractivity (Wildman–Crippen MR) is 63.2 cm³/mol. The fraction of sp³-hybridized carbons (Fsp3) is 0.333. The van der Waals surface area contributed by atoms with Crippen LogP contribution in [0.5, 0.6) is 0 Å². The molecule has 1 saturated carbocycles. The van der Waals surface area contributed by atoms with Crippen molar-refractivity contribution in [2.45, 2.75) is 18.9 Å². The Kier molecular flexibility index (Phi) is 3.18. The van der Waals surface area contributed by atoms with Crippen LogP contribution in [0.2, 0.25) is 0 Å². The number of hydrogen-bond donors (Lipinski definition) is 2. The third kappa shape index (κ3) is 2.58. The molecule has 0 heterocycles. The van der Waals surface area contributed by atoms with Crippen LogP contribution in [-0.2, 0) is 0 Å². The Labute approximate surface area is 103 Å². The number of carbonyl (C=O) groups excluding carboxylic acids is 1. The number of carboxylic acid groups (broad SMARTS) is 1. The summed E-state index contributed by atoms with van der Waals surface area (Å²) >= 11 is 0. The van der Waals surface area contributed by atoms with E-state index in [2.05, 4.69) is 5.32 Å². The van der Waals surface area contributed by atoms with Gasteiger partial charge in [0, 0.05) is 18.8 Å². The third-order valence-corrected chi connectivity index (χ3v) is 2.87. The summed E-state index contributed by atoms with van der Waals surface area (Å²) in [7, 11) is 1.68. The highest BCUT2D eigenvalue weighted by molar-refractivity contribution is 5.92. The van der Waals surface area contributed by atoms with Gasteiger partial charge in [0.2, 0.25) is 0 Å². The quantitative estimate of drug-likeness (QED) is 0.866. The molecular weight excluding hydrogens is 239 g/mol. The van der Waals surface area contributed by atoms with E-state index < -0.39 is 17.3 Å². The topological polar surface area (TPSA) is 69.6 Å². The van der Waals surface area contributed by atoms with Crippen molar-refractivity contribution >= 4 is 17.7 Å². The molecule has 1 aliphatic rings. The van der Waals surface area contributed by atoms with Gasteiger partial charge in [0.1, 0.15) is 5.82 Å². The number of hydrogen-bond acceptors (Lipinski definition) is 2. The second kappa shape index (κ2) is 4.64. The van der Waals surface area contributed by atoms with Crippen LogP contribution < -0.4 is 5.32 Å². The second-order valence-corrected chi connectivity index (χ2v) is 4.27. The number of amides is 2. The van der Waals surface area contributed by atoms with E-state index in [4.69, 9.17) is 5.11 Å². The van der Waals surface area contributed by atoms with E-state index in [0.717, 1.165) is 25.0 Å². The number of aromatic carboxylic acids is 1. The molecule has 2 N–H and O–H groups in total. The first-order chi connectivity index (χ1) is 8.49. The van der Waals surface area contributed by atoms with Gasteiger partial charge in [0.25, 0.3) is 0 Å². The zero-order valence-electron chi connectivity index (χ0n) is 9.81. The molecule has 0 aliphatic heterocycles. The van der Waals surface area contributed by atoms with Crippen LogP contribution in [0, 0.1) is 5.82 Å². The van der Waals surface area contributed by atoms with Gasteiger partial charge in [-0.1, -0.05) is 0 Å². The predicted octanol–water partition coefficient (Wildman–Crippen LogP) is 2.15. The Morgan fingerprint density at radius 1 is 1.44 bits per heavy atom. The normalized spacial score (nSPS) is 14.1. The summed E-state index contributed by atoms with van der Waals surface area (Å²) in [6, 6.07) is 3.44. The Hall–Kier alpha value is -2.11. The molecule has 1 aromatic carbocycles. The van der Waals surface area contributed by atoms with Crippen molar-refractivity contribution in [2.75, 3.05) is 12.4 Å². The van der Waals surface area contributed by atoms with Crippen molar-refractivity contribution in [3.63, 3.8) is 0 Å². The SMILES string of the molecule is CN(C(=O)Nc1ccc(C(=O)O)c(F)c1)C1CC1. The minimum atomic E-state index is -1.33. The zero-order chi connectivity index (χ0) is 13.3. The summed E-state index contributed by atoms with van der Waals surface area (Å²) < 4.78 is 13.4. The Bertz CT molecular complexity index is 500. The van der Waals surface area contributed by atoms with Gasteiger partial charge in [-0.25, -0.2) is 14.0 Å². The fourth-order valence-electron chi connectivity index (χ4n) is 1.61. The van der Waals surface area contributed by atoms with Gasteiger partial charge in [-0.05, 0) is 31.0 Å². The smallest absolute Gasteiger partial charge is 0.338 e. The van der Waals surface area contributed by atoms with E-state index in [9.17, 15) is 14.0 Å². The van der Waals surface area contributed by atoms with E-state index in [-0.39, 0.29) is 17.8 Å². The Balaban J connectivity index is 2.07. The number of benzene rings is 1. The number of nitrogens with zero attached hydrogens (tertiary/aromatic N) is 1. The average molecular weight is 252 g/mol. The number of urea groups is 1. The van der Waals surface area contributed by atoms with Gasteiger partial charge in [-0.2, -0.15) is 0 Å². The van der Waals surface area contributed by atoms with Crippen LogP contribution in [0.15, 0.2) is 18.2 Å². The second-order valence-electron chi connectivity index (χ2n) is 4.27. The molecule has 0 unspecified atom stereocenters. The average Bonchev–Trinajstić information content (AvgIpc) is 3.11. The fourth-order valence-corrected chi connectivity index (χ4v) is 1.61. The number of carboxylic acids is 1. The molecule has 1 fully saturated rings. The summed E-state index contributed by atoms with van der Waals surface area (Å²) in [5.74, 6) is -2.20. The third-order valence-electron chi connectivity index (χ3n) is 2.87. The molecule has 1 aliphatic carbocycles. The van der Waals surface area contributed by atoms with Gasteiger partial charge < -0.3 is 15.3 Å². The molecule has 0 spiro atoms. The molecule has 2 amide bonds. The van der Waals surface area contributed by atoms with Gasteiger partial charge in [-0.3, -0.25) is 0 Å². The van der Waals surface area contributed by atoms with Gasteiger partial charge >= 0.3 is 12.0 Å². The maximum atomic E-state index is 13.4. The lowest BCUT2D eigenvalue weighted by molar-refractivity contribution is 0.0692. The van der Waals surface area contributed by atoms with Crippen LogP contribution in [0.1, 0.15) is 23.2 Å². The van der Waals surface area contributed by atoms with Crippen molar-refractivity contribution in [2.24, 2.45) is 0 Å². The van der Waals surface area contributed by atoms with E-state index in [1.807, 2.05) is 0 Å².